The molecule has 2 N–H and O–H groups in total. The van der Waals surface area contributed by atoms with Gasteiger partial charge in [0.15, 0.2) is 5.96 Å². The van der Waals surface area contributed by atoms with Gasteiger partial charge in [-0.05, 0) is 39.7 Å². The maximum Gasteiger partial charge on any atom is 0.191 e. The molecule has 0 aromatic heterocycles. The molecule has 0 aromatic carbocycles. The van der Waals surface area contributed by atoms with E-state index >= 15 is 0 Å². The highest BCUT2D eigenvalue weighted by Crippen LogP contribution is 2.25. The fourth-order valence-corrected chi connectivity index (χ4v) is 3.13. The first-order chi connectivity index (χ1) is 10.4. The van der Waals surface area contributed by atoms with Crippen LogP contribution in [0.15, 0.2) is 4.99 Å². The van der Waals surface area contributed by atoms with Gasteiger partial charge in [0.25, 0.3) is 0 Å². The Bertz CT molecular complexity index is 452. The average molecular weight is 460 g/mol. The van der Waals surface area contributed by atoms with Gasteiger partial charge in [-0.3, -0.25) is 9.89 Å². The van der Waals surface area contributed by atoms with Crippen LogP contribution in [0, 0.1) is 0 Å². The van der Waals surface area contributed by atoms with E-state index in [4.69, 9.17) is 0 Å². The van der Waals surface area contributed by atoms with E-state index < -0.39 is 9.84 Å². The smallest absolute Gasteiger partial charge is 0.191 e. The lowest BCUT2D eigenvalue weighted by atomic mass is 10.3. The Labute approximate surface area is 158 Å². The number of hydrogen-bond donors (Lipinski definition) is 2. The molecule has 0 aromatic rings. The topological polar surface area (TPSA) is 73.8 Å². The van der Waals surface area contributed by atoms with Gasteiger partial charge in [0.1, 0.15) is 9.84 Å². The molecule has 0 heterocycles. The van der Waals surface area contributed by atoms with Gasteiger partial charge in [0.05, 0.1) is 12.3 Å². The molecule has 1 fully saturated rings. The Hall–Kier alpha value is -0.0900. The third kappa shape index (κ3) is 11.1. The first-order valence-corrected chi connectivity index (χ1v) is 10.4. The summed E-state index contributed by atoms with van der Waals surface area (Å²) in [6.45, 7) is 9.83. The predicted molar refractivity (Wildman–Crippen MR) is 109 cm³/mol. The molecular weight excluding hydrogens is 427 g/mol. The highest BCUT2D eigenvalue weighted by atomic mass is 127. The average Bonchev–Trinajstić information content (AvgIpc) is 3.25. The number of aliphatic imine (C=N–C) groups is 1. The number of nitrogens with zero attached hydrogens (tertiary/aromatic N) is 2. The Morgan fingerprint density at radius 1 is 1.35 bits per heavy atom. The Balaban J connectivity index is 0.00000484. The number of guanidine groups is 1. The summed E-state index contributed by atoms with van der Waals surface area (Å²) >= 11 is 0. The van der Waals surface area contributed by atoms with Crippen LogP contribution in [0.3, 0.4) is 0 Å². The van der Waals surface area contributed by atoms with E-state index in [0.29, 0.717) is 6.42 Å². The van der Waals surface area contributed by atoms with Gasteiger partial charge in [0.2, 0.25) is 0 Å². The van der Waals surface area contributed by atoms with Gasteiger partial charge in [-0.15, -0.1) is 24.0 Å². The van der Waals surface area contributed by atoms with Crippen LogP contribution < -0.4 is 10.6 Å². The van der Waals surface area contributed by atoms with E-state index in [0.717, 1.165) is 38.2 Å². The number of likely N-dealkylation sites (N-methyl/N-ethyl adjacent to an activating group) is 1. The van der Waals surface area contributed by atoms with Gasteiger partial charge < -0.3 is 10.6 Å². The van der Waals surface area contributed by atoms with Crippen molar-refractivity contribution >= 4 is 39.8 Å². The fraction of sp³-hybridized carbons (Fsp3) is 0.933. The molecule has 0 spiro atoms. The standard InChI is InChI=1S/C15H32N4O2S.HI/c1-5-16-15(18-13(3)9-12-22(4,20)21)17-10-11-19(6-2)14-7-8-14;/h13-14H,5-12H2,1-4H3,(H2,16,17,18);1H. The third-order valence-corrected chi connectivity index (χ3v) is 4.75. The SMILES string of the molecule is CCNC(=NCCN(CC)C1CC1)NC(C)CCS(C)(=O)=O.I. The molecule has 8 heteroatoms. The molecule has 1 unspecified atom stereocenters. The van der Waals surface area contributed by atoms with E-state index in [9.17, 15) is 8.42 Å². The summed E-state index contributed by atoms with van der Waals surface area (Å²) in [7, 11) is -2.91. The van der Waals surface area contributed by atoms with Crippen LogP contribution in [0.25, 0.3) is 0 Å². The van der Waals surface area contributed by atoms with Gasteiger partial charge in [-0.2, -0.15) is 0 Å². The first kappa shape index (κ1) is 22.9. The van der Waals surface area contributed by atoms with Crippen LogP contribution in [0.2, 0.25) is 0 Å². The molecule has 1 atom stereocenters. The predicted octanol–water partition coefficient (Wildman–Crippen LogP) is 1.47. The third-order valence-electron chi connectivity index (χ3n) is 3.78. The molecular formula is C15H33IN4O2S. The molecule has 0 radical (unpaired) electrons. The van der Waals surface area contributed by atoms with E-state index in [1.165, 1.54) is 19.1 Å². The highest BCUT2D eigenvalue weighted by Gasteiger charge is 2.27. The van der Waals surface area contributed by atoms with Gasteiger partial charge in [0, 0.05) is 31.4 Å². The van der Waals surface area contributed by atoms with Crippen molar-refractivity contribution in [1.82, 2.24) is 15.5 Å². The highest BCUT2D eigenvalue weighted by molar-refractivity contribution is 14.0. The fourth-order valence-electron chi connectivity index (χ4n) is 2.35. The van der Waals surface area contributed by atoms with Gasteiger partial charge >= 0.3 is 0 Å². The van der Waals surface area contributed by atoms with E-state index in [1.54, 1.807) is 0 Å². The summed E-state index contributed by atoms with van der Waals surface area (Å²) in [6, 6.07) is 0.850. The van der Waals surface area contributed by atoms with Gasteiger partial charge in [-0.1, -0.05) is 6.92 Å². The van der Waals surface area contributed by atoms with Gasteiger partial charge in [-0.25, -0.2) is 8.42 Å². The Morgan fingerprint density at radius 2 is 2.00 bits per heavy atom. The summed E-state index contributed by atoms with van der Waals surface area (Å²) < 4.78 is 22.4. The van der Waals surface area contributed by atoms with Crippen LogP contribution in [0.1, 0.15) is 40.0 Å². The lowest BCUT2D eigenvalue weighted by molar-refractivity contribution is 0.286. The monoisotopic (exact) mass is 460 g/mol. The molecule has 6 nitrogen and oxygen atoms in total. The largest absolute Gasteiger partial charge is 0.357 e. The number of hydrogen-bond acceptors (Lipinski definition) is 4. The second-order valence-corrected chi connectivity index (χ2v) is 8.34. The maximum absolute atomic E-state index is 11.2. The summed E-state index contributed by atoms with van der Waals surface area (Å²) in [4.78, 5) is 7.07. The number of halogens is 1. The second-order valence-electron chi connectivity index (χ2n) is 6.08. The minimum atomic E-state index is -2.91. The lowest BCUT2D eigenvalue weighted by Gasteiger charge is -2.20. The van der Waals surface area contributed by atoms with Crippen molar-refractivity contribution < 1.29 is 8.42 Å². The summed E-state index contributed by atoms with van der Waals surface area (Å²) in [5.41, 5.74) is 0. The summed E-state index contributed by atoms with van der Waals surface area (Å²) in [5.74, 6) is 0.974. The van der Waals surface area contributed by atoms with E-state index in [-0.39, 0.29) is 35.8 Å². The van der Waals surface area contributed by atoms with Crippen molar-refractivity contribution in [2.24, 2.45) is 4.99 Å². The zero-order valence-electron chi connectivity index (χ0n) is 14.8. The number of sulfone groups is 1. The molecule has 0 amide bonds. The van der Waals surface area contributed by atoms with Crippen molar-refractivity contribution in [1.29, 1.82) is 0 Å². The molecule has 1 aliphatic carbocycles. The summed E-state index contributed by atoms with van der Waals surface area (Å²) in [6.07, 6.45) is 4.50. The normalized spacial score (nSPS) is 16.8. The zero-order chi connectivity index (χ0) is 16.6. The van der Waals surface area contributed by atoms with E-state index in [2.05, 4.69) is 27.4 Å². The van der Waals surface area contributed by atoms with E-state index in [1.807, 2.05) is 13.8 Å². The quantitative estimate of drug-likeness (QED) is 0.294. The van der Waals surface area contributed by atoms with Crippen molar-refractivity contribution in [3.05, 3.63) is 0 Å². The number of rotatable bonds is 10. The zero-order valence-corrected chi connectivity index (χ0v) is 18.0. The van der Waals surface area contributed by atoms with Crippen molar-refractivity contribution in [3.63, 3.8) is 0 Å². The minimum absolute atomic E-state index is 0. The Morgan fingerprint density at radius 3 is 2.48 bits per heavy atom. The van der Waals surface area contributed by atoms with Crippen molar-refractivity contribution in [2.45, 2.75) is 52.1 Å². The van der Waals surface area contributed by atoms with Crippen LogP contribution >= 0.6 is 24.0 Å². The van der Waals surface area contributed by atoms with Crippen molar-refractivity contribution in [3.8, 4) is 0 Å². The van der Waals surface area contributed by atoms with Crippen LogP contribution in [-0.4, -0.2) is 69.5 Å². The maximum atomic E-state index is 11.2. The summed E-state index contributed by atoms with van der Waals surface area (Å²) in [5, 5.41) is 6.50. The first-order valence-electron chi connectivity index (χ1n) is 8.32. The lowest BCUT2D eigenvalue weighted by Crippen LogP contribution is -2.43. The molecule has 23 heavy (non-hydrogen) atoms. The minimum Gasteiger partial charge on any atom is -0.357 e. The Kier molecular flexibility index (Phi) is 11.4. The van der Waals surface area contributed by atoms with Crippen LogP contribution in [-0.2, 0) is 9.84 Å². The molecule has 138 valence electrons. The molecule has 0 saturated heterocycles. The molecule has 0 bridgehead atoms. The molecule has 1 rings (SSSR count). The molecule has 0 aliphatic heterocycles. The second kappa shape index (κ2) is 11.5. The van der Waals surface area contributed by atoms with Crippen LogP contribution in [0.5, 0.6) is 0 Å². The number of nitrogens with one attached hydrogen (secondary N) is 2. The van der Waals surface area contributed by atoms with Crippen LogP contribution in [0.4, 0.5) is 0 Å². The molecule has 1 saturated carbocycles. The van der Waals surface area contributed by atoms with Crippen molar-refractivity contribution in [2.75, 3.05) is 38.2 Å². The molecule has 1 aliphatic rings.